The lowest BCUT2D eigenvalue weighted by Gasteiger charge is -2.19. The van der Waals surface area contributed by atoms with E-state index in [1.807, 2.05) is 13.1 Å². The molecule has 2 heterocycles. The Morgan fingerprint density at radius 2 is 1.87 bits per heavy atom. The van der Waals surface area contributed by atoms with Crippen LogP contribution in [0, 0.1) is 6.92 Å². The van der Waals surface area contributed by atoms with E-state index in [4.69, 9.17) is 0 Å². The summed E-state index contributed by atoms with van der Waals surface area (Å²) in [6, 6.07) is 4.38. The van der Waals surface area contributed by atoms with Gasteiger partial charge in [-0.2, -0.15) is 0 Å². The van der Waals surface area contributed by atoms with Gasteiger partial charge < -0.3 is 4.57 Å². The van der Waals surface area contributed by atoms with Crippen LogP contribution in [0.2, 0.25) is 0 Å². The minimum absolute atomic E-state index is 0.182. The summed E-state index contributed by atoms with van der Waals surface area (Å²) < 4.78 is 2.27. The van der Waals surface area contributed by atoms with Crippen molar-refractivity contribution in [2.24, 2.45) is 7.05 Å². The Bertz CT molecular complexity index is 501. The molecule has 0 amide bonds. The molecule has 0 fully saturated rings. The molecule has 80 valence electrons. The lowest BCUT2D eigenvalue weighted by Crippen LogP contribution is -2.15. The molecule has 0 bridgehead atoms. The Labute approximate surface area is 90.9 Å². The Balaban J connectivity index is 2.76. The molecule has 0 spiro atoms. The molecular formula is C13H18N2. The molecule has 2 nitrogen and oxygen atoms in total. The van der Waals surface area contributed by atoms with Crippen molar-refractivity contribution in [3.05, 3.63) is 29.7 Å². The van der Waals surface area contributed by atoms with Crippen molar-refractivity contribution in [1.82, 2.24) is 9.55 Å². The van der Waals surface area contributed by atoms with Gasteiger partial charge in [-0.25, -0.2) is 0 Å². The molecule has 0 aliphatic carbocycles. The number of fused-ring (bicyclic) bond motifs is 1. The first kappa shape index (κ1) is 10.2. The Morgan fingerprint density at radius 3 is 2.47 bits per heavy atom. The predicted molar refractivity (Wildman–Crippen MR) is 64.2 cm³/mol. The van der Waals surface area contributed by atoms with Gasteiger partial charge in [-0.1, -0.05) is 20.8 Å². The lowest BCUT2D eigenvalue weighted by molar-refractivity contribution is 0.547. The van der Waals surface area contributed by atoms with Gasteiger partial charge >= 0.3 is 0 Å². The Hall–Kier alpha value is -1.31. The van der Waals surface area contributed by atoms with Crippen LogP contribution >= 0.6 is 0 Å². The molecule has 2 aromatic rings. The van der Waals surface area contributed by atoms with E-state index >= 15 is 0 Å². The smallest absolute Gasteiger partial charge is 0.0513 e. The summed E-state index contributed by atoms with van der Waals surface area (Å²) in [4.78, 5) is 4.33. The third kappa shape index (κ3) is 1.65. The third-order valence-corrected chi connectivity index (χ3v) is 2.83. The van der Waals surface area contributed by atoms with Gasteiger partial charge in [-0.05, 0) is 19.1 Å². The monoisotopic (exact) mass is 202 g/mol. The molecule has 2 aromatic heterocycles. The summed E-state index contributed by atoms with van der Waals surface area (Å²) in [6.45, 7) is 8.74. The van der Waals surface area contributed by atoms with E-state index in [9.17, 15) is 0 Å². The predicted octanol–water partition coefficient (Wildman–Crippen LogP) is 3.18. The molecule has 0 aliphatic heterocycles. The van der Waals surface area contributed by atoms with E-state index in [0.29, 0.717) is 0 Å². The molecule has 0 atom stereocenters. The molecule has 2 rings (SSSR count). The van der Waals surface area contributed by atoms with Gasteiger partial charge in [-0.3, -0.25) is 4.98 Å². The maximum atomic E-state index is 4.33. The van der Waals surface area contributed by atoms with E-state index < -0.39 is 0 Å². The Morgan fingerprint density at radius 1 is 1.20 bits per heavy atom. The maximum Gasteiger partial charge on any atom is 0.0513 e. The van der Waals surface area contributed by atoms with E-state index in [-0.39, 0.29) is 5.41 Å². The maximum absolute atomic E-state index is 4.33. The Kier molecular flexibility index (Phi) is 2.10. The molecule has 0 radical (unpaired) electrons. The number of nitrogens with zero attached hydrogens (tertiary/aromatic N) is 2. The van der Waals surface area contributed by atoms with E-state index in [2.05, 4.69) is 49.5 Å². The van der Waals surface area contributed by atoms with Crippen molar-refractivity contribution in [2.75, 3.05) is 0 Å². The molecule has 0 N–H and O–H groups in total. The van der Waals surface area contributed by atoms with Gasteiger partial charge in [0.15, 0.2) is 0 Å². The van der Waals surface area contributed by atoms with E-state index in [0.717, 1.165) is 5.69 Å². The van der Waals surface area contributed by atoms with Gasteiger partial charge in [-0.15, -0.1) is 0 Å². The number of aromatic nitrogens is 2. The average molecular weight is 202 g/mol. The van der Waals surface area contributed by atoms with E-state index in [1.165, 1.54) is 16.6 Å². The van der Waals surface area contributed by atoms with Gasteiger partial charge in [0.1, 0.15) is 0 Å². The van der Waals surface area contributed by atoms with Crippen molar-refractivity contribution in [2.45, 2.75) is 33.1 Å². The van der Waals surface area contributed by atoms with Crippen LogP contribution in [0.1, 0.15) is 32.2 Å². The average Bonchev–Trinajstić information content (AvgIpc) is 2.43. The van der Waals surface area contributed by atoms with Gasteiger partial charge in [0.05, 0.1) is 5.52 Å². The van der Waals surface area contributed by atoms with Crippen LogP contribution in [0.5, 0.6) is 0 Å². The molecule has 0 saturated carbocycles. The van der Waals surface area contributed by atoms with Crippen molar-refractivity contribution >= 4 is 10.9 Å². The standard InChI is InChI=1S/C13H18N2/c1-9-6-11-10(8-14-9)7-12(15(11)5)13(2,3)4/h6-8H,1-5H3. The van der Waals surface area contributed by atoms with Gasteiger partial charge in [0, 0.05) is 35.4 Å². The molecule has 0 unspecified atom stereocenters. The molecule has 2 heteroatoms. The quantitative estimate of drug-likeness (QED) is 0.641. The second-order valence-electron chi connectivity index (χ2n) is 5.22. The van der Waals surface area contributed by atoms with Gasteiger partial charge in [0.25, 0.3) is 0 Å². The normalized spacial score (nSPS) is 12.3. The molecule has 0 aromatic carbocycles. The molecular weight excluding hydrogens is 184 g/mol. The van der Waals surface area contributed by atoms with E-state index in [1.54, 1.807) is 0 Å². The number of aryl methyl sites for hydroxylation is 2. The zero-order chi connectivity index (χ0) is 11.2. The topological polar surface area (TPSA) is 17.8 Å². The molecule has 0 saturated heterocycles. The summed E-state index contributed by atoms with van der Waals surface area (Å²) >= 11 is 0. The summed E-state index contributed by atoms with van der Waals surface area (Å²) in [5.41, 5.74) is 3.88. The highest BCUT2D eigenvalue weighted by atomic mass is 15.0. The number of hydrogen-bond donors (Lipinski definition) is 0. The highest BCUT2D eigenvalue weighted by Crippen LogP contribution is 2.28. The van der Waals surface area contributed by atoms with Crippen molar-refractivity contribution in [1.29, 1.82) is 0 Å². The highest BCUT2D eigenvalue weighted by Gasteiger charge is 2.19. The van der Waals surface area contributed by atoms with Crippen LogP contribution in [-0.2, 0) is 12.5 Å². The van der Waals surface area contributed by atoms with Crippen LogP contribution in [0.15, 0.2) is 18.3 Å². The summed E-state index contributed by atoms with van der Waals surface area (Å²) in [5.74, 6) is 0. The van der Waals surface area contributed by atoms with Gasteiger partial charge in [0.2, 0.25) is 0 Å². The zero-order valence-electron chi connectivity index (χ0n) is 10.1. The molecule has 15 heavy (non-hydrogen) atoms. The van der Waals surface area contributed by atoms with Crippen molar-refractivity contribution in [3.63, 3.8) is 0 Å². The molecule has 0 aliphatic rings. The summed E-state index contributed by atoms with van der Waals surface area (Å²) in [6.07, 6.45) is 1.96. The van der Waals surface area contributed by atoms with Crippen LogP contribution in [0.3, 0.4) is 0 Å². The second kappa shape index (κ2) is 3.09. The van der Waals surface area contributed by atoms with Crippen LogP contribution in [-0.4, -0.2) is 9.55 Å². The number of pyridine rings is 1. The van der Waals surface area contributed by atoms with Crippen molar-refractivity contribution in [3.8, 4) is 0 Å². The zero-order valence-corrected chi connectivity index (χ0v) is 10.1. The number of hydrogen-bond acceptors (Lipinski definition) is 1. The summed E-state index contributed by atoms with van der Waals surface area (Å²) in [5, 5.41) is 1.23. The minimum atomic E-state index is 0.182. The first-order valence-corrected chi connectivity index (χ1v) is 5.32. The third-order valence-electron chi connectivity index (χ3n) is 2.83. The SMILES string of the molecule is Cc1cc2c(cn1)cc(C(C)(C)C)n2C. The van der Waals surface area contributed by atoms with Crippen LogP contribution in [0.25, 0.3) is 10.9 Å². The fraction of sp³-hybridized carbons (Fsp3) is 0.462. The fourth-order valence-corrected chi connectivity index (χ4v) is 2.05. The minimum Gasteiger partial charge on any atom is -0.347 e. The first-order chi connectivity index (χ1) is 6.89. The van der Waals surface area contributed by atoms with Crippen LogP contribution in [0.4, 0.5) is 0 Å². The van der Waals surface area contributed by atoms with Crippen LogP contribution < -0.4 is 0 Å². The largest absolute Gasteiger partial charge is 0.347 e. The number of rotatable bonds is 0. The lowest BCUT2D eigenvalue weighted by atomic mass is 9.92. The fourth-order valence-electron chi connectivity index (χ4n) is 2.05. The first-order valence-electron chi connectivity index (χ1n) is 5.32. The highest BCUT2D eigenvalue weighted by molar-refractivity contribution is 5.81. The van der Waals surface area contributed by atoms with Crippen molar-refractivity contribution < 1.29 is 0 Å². The summed E-state index contributed by atoms with van der Waals surface area (Å²) in [7, 11) is 2.13. The second-order valence-corrected chi connectivity index (χ2v) is 5.22.